The van der Waals surface area contributed by atoms with E-state index >= 15 is 0 Å². The monoisotopic (exact) mass is 381 g/mol. The van der Waals surface area contributed by atoms with Crippen LogP contribution in [0.2, 0.25) is 0 Å². The van der Waals surface area contributed by atoms with E-state index in [1.165, 1.54) is 5.38 Å². The van der Waals surface area contributed by atoms with Crippen LogP contribution in [0.25, 0.3) is 10.6 Å². The van der Waals surface area contributed by atoms with E-state index in [0.717, 1.165) is 44.2 Å². The Kier molecular flexibility index (Phi) is 5.83. The first kappa shape index (κ1) is 18.7. The first-order chi connectivity index (χ1) is 12.4. The predicted molar refractivity (Wildman–Crippen MR) is 97.7 cm³/mol. The van der Waals surface area contributed by atoms with Crippen LogP contribution in [0, 0.1) is 5.92 Å². The number of thiazole rings is 1. The fourth-order valence-corrected chi connectivity index (χ4v) is 3.70. The second kappa shape index (κ2) is 8.09. The van der Waals surface area contributed by atoms with E-state index in [9.17, 15) is 13.6 Å². The van der Waals surface area contributed by atoms with Gasteiger partial charge in [0.1, 0.15) is 10.7 Å². The molecule has 2 aromatic rings. The smallest absolute Gasteiger partial charge is 0.411 e. The molecule has 1 aromatic heterocycles. The number of nitrogens with one attached hydrogen (secondary N) is 2. The Morgan fingerprint density at radius 1 is 1.38 bits per heavy atom. The minimum absolute atomic E-state index is 0.277. The van der Waals surface area contributed by atoms with Crippen molar-refractivity contribution in [3.8, 4) is 10.6 Å². The van der Waals surface area contributed by atoms with Crippen molar-refractivity contribution in [3.05, 3.63) is 35.3 Å². The van der Waals surface area contributed by atoms with Gasteiger partial charge in [-0.3, -0.25) is 5.32 Å². The maximum absolute atomic E-state index is 13.4. The van der Waals surface area contributed by atoms with E-state index in [1.54, 1.807) is 24.3 Å². The Hall–Kier alpha value is -2.06. The van der Waals surface area contributed by atoms with Crippen LogP contribution in [-0.2, 0) is 10.7 Å². The Morgan fingerprint density at radius 2 is 2.12 bits per heavy atom. The number of anilines is 1. The second-order valence-electron chi connectivity index (χ2n) is 6.39. The van der Waals surface area contributed by atoms with Gasteiger partial charge in [0.05, 0.1) is 12.3 Å². The molecular formula is C18H21F2N3O2S. The van der Waals surface area contributed by atoms with Gasteiger partial charge in [-0.1, -0.05) is 12.1 Å². The molecule has 0 aliphatic carbocycles. The third-order valence-corrected chi connectivity index (χ3v) is 5.13. The van der Waals surface area contributed by atoms with Gasteiger partial charge in [-0.05, 0) is 44.0 Å². The van der Waals surface area contributed by atoms with E-state index in [-0.39, 0.29) is 5.69 Å². The average Bonchev–Trinajstić information content (AvgIpc) is 3.12. The highest BCUT2D eigenvalue weighted by Gasteiger charge is 2.28. The Balaban J connectivity index is 1.67. The number of ether oxygens (including phenoxy) is 1. The Morgan fingerprint density at radius 3 is 2.81 bits per heavy atom. The number of benzene rings is 1. The molecule has 1 aromatic carbocycles. The van der Waals surface area contributed by atoms with Crippen LogP contribution in [-0.4, -0.2) is 30.8 Å². The van der Waals surface area contributed by atoms with Crippen LogP contribution < -0.4 is 10.6 Å². The van der Waals surface area contributed by atoms with Crippen molar-refractivity contribution >= 4 is 23.1 Å². The summed E-state index contributed by atoms with van der Waals surface area (Å²) in [5.41, 5.74) is 0.802. The normalized spacial score (nSPS) is 15.7. The van der Waals surface area contributed by atoms with E-state index in [4.69, 9.17) is 4.74 Å². The number of carbonyl (C=O) groups excluding carboxylic acids is 1. The van der Waals surface area contributed by atoms with Crippen LogP contribution in [0.3, 0.4) is 0 Å². The van der Waals surface area contributed by atoms with Gasteiger partial charge in [-0.15, -0.1) is 11.3 Å². The van der Waals surface area contributed by atoms with Gasteiger partial charge in [-0.2, -0.15) is 8.78 Å². The number of hydrogen-bond acceptors (Lipinski definition) is 5. The van der Waals surface area contributed by atoms with E-state index in [2.05, 4.69) is 15.6 Å². The van der Waals surface area contributed by atoms with Gasteiger partial charge in [0.15, 0.2) is 0 Å². The summed E-state index contributed by atoms with van der Waals surface area (Å²) in [6.07, 6.45) is 1.42. The summed E-state index contributed by atoms with van der Waals surface area (Å²) in [5.74, 6) is -2.63. The zero-order valence-corrected chi connectivity index (χ0v) is 15.2. The van der Waals surface area contributed by atoms with Crippen LogP contribution in [0.15, 0.2) is 29.6 Å². The number of hydrogen-bond donors (Lipinski definition) is 2. The first-order valence-electron chi connectivity index (χ1n) is 8.51. The van der Waals surface area contributed by atoms with Crippen molar-refractivity contribution in [2.75, 3.05) is 25.0 Å². The molecule has 5 nitrogen and oxygen atoms in total. The molecule has 0 bridgehead atoms. The number of carbonyl (C=O) groups is 1. The number of aromatic nitrogens is 1. The second-order valence-corrected chi connectivity index (χ2v) is 7.25. The van der Waals surface area contributed by atoms with Gasteiger partial charge in [0, 0.05) is 17.9 Å². The van der Waals surface area contributed by atoms with Crippen molar-refractivity contribution in [3.63, 3.8) is 0 Å². The Labute approximate surface area is 154 Å². The maximum Gasteiger partial charge on any atom is 0.411 e. The van der Waals surface area contributed by atoms with Crippen molar-refractivity contribution in [2.24, 2.45) is 5.92 Å². The van der Waals surface area contributed by atoms with Gasteiger partial charge in [0.25, 0.3) is 5.92 Å². The fourth-order valence-electron chi connectivity index (χ4n) is 2.77. The molecule has 140 valence electrons. The number of halogens is 2. The minimum Gasteiger partial charge on any atom is -0.449 e. The summed E-state index contributed by atoms with van der Waals surface area (Å²) in [6.45, 7) is 3.06. The van der Waals surface area contributed by atoms with Crippen LogP contribution >= 0.6 is 11.3 Å². The molecule has 2 heterocycles. The highest BCUT2D eigenvalue weighted by Crippen LogP contribution is 2.35. The number of rotatable bonds is 5. The molecule has 1 aliphatic rings. The summed E-state index contributed by atoms with van der Waals surface area (Å²) >= 11 is 1.12. The molecule has 1 amide bonds. The molecule has 1 fully saturated rings. The van der Waals surface area contributed by atoms with Crippen molar-refractivity contribution < 1.29 is 18.3 Å². The van der Waals surface area contributed by atoms with Crippen LogP contribution in [0.1, 0.15) is 25.5 Å². The number of alkyl halides is 2. The molecule has 0 radical (unpaired) electrons. The maximum atomic E-state index is 13.4. The highest BCUT2D eigenvalue weighted by molar-refractivity contribution is 7.13. The molecule has 2 N–H and O–H groups in total. The lowest BCUT2D eigenvalue weighted by Gasteiger charge is -2.22. The van der Waals surface area contributed by atoms with Gasteiger partial charge in [0.2, 0.25) is 0 Å². The third-order valence-electron chi connectivity index (χ3n) is 4.26. The lowest BCUT2D eigenvalue weighted by atomic mass is 9.99. The number of amides is 1. The topological polar surface area (TPSA) is 63.2 Å². The van der Waals surface area contributed by atoms with Crippen LogP contribution in [0.5, 0.6) is 0 Å². The molecule has 8 heteroatoms. The van der Waals surface area contributed by atoms with E-state index in [1.807, 2.05) is 0 Å². The lowest BCUT2D eigenvalue weighted by molar-refractivity contribution is 0.0135. The predicted octanol–water partition coefficient (Wildman–Crippen LogP) is 4.47. The number of piperidine rings is 1. The lowest BCUT2D eigenvalue weighted by Crippen LogP contribution is -2.31. The molecule has 1 aliphatic heterocycles. The SMILES string of the molecule is CC(F)(F)c1csc(-c2ccccc2NC(=O)OCC2CCNCC2)n1. The zero-order chi connectivity index (χ0) is 18.6. The van der Waals surface area contributed by atoms with Gasteiger partial charge < -0.3 is 10.1 Å². The first-order valence-corrected chi connectivity index (χ1v) is 9.39. The summed E-state index contributed by atoms with van der Waals surface area (Å²) in [6, 6.07) is 6.96. The number of para-hydroxylation sites is 1. The van der Waals surface area contributed by atoms with E-state index < -0.39 is 12.0 Å². The van der Waals surface area contributed by atoms with Gasteiger partial charge >= 0.3 is 6.09 Å². The third kappa shape index (κ3) is 4.76. The fraction of sp³-hybridized carbons (Fsp3) is 0.444. The highest BCUT2D eigenvalue weighted by atomic mass is 32.1. The molecule has 3 rings (SSSR count). The molecule has 0 spiro atoms. The standard InChI is InChI=1S/C18H21F2N3O2S/c1-18(19,20)15-11-26-16(23-15)13-4-2-3-5-14(13)22-17(24)25-10-12-6-8-21-9-7-12/h2-5,11-12,21H,6-10H2,1H3,(H,22,24). The zero-order valence-electron chi connectivity index (χ0n) is 14.4. The summed E-state index contributed by atoms with van der Waals surface area (Å²) in [4.78, 5) is 16.1. The summed E-state index contributed by atoms with van der Waals surface area (Å²) < 4.78 is 32.2. The van der Waals surface area contributed by atoms with Crippen molar-refractivity contribution in [1.29, 1.82) is 0 Å². The molecule has 0 unspecified atom stereocenters. The molecule has 26 heavy (non-hydrogen) atoms. The number of nitrogens with zero attached hydrogens (tertiary/aromatic N) is 1. The molecule has 0 saturated carbocycles. The van der Waals surface area contributed by atoms with E-state index in [0.29, 0.717) is 28.8 Å². The quantitative estimate of drug-likeness (QED) is 0.802. The Bertz CT molecular complexity index is 755. The average molecular weight is 381 g/mol. The molecule has 0 atom stereocenters. The minimum atomic E-state index is -3.00. The molecule has 1 saturated heterocycles. The summed E-state index contributed by atoms with van der Waals surface area (Å²) in [5, 5.41) is 7.73. The largest absolute Gasteiger partial charge is 0.449 e. The van der Waals surface area contributed by atoms with Crippen molar-refractivity contribution in [1.82, 2.24) is 10.3 Å². The van der Waals surface area contributed by atoms with Crippen molar-refractivity contribution in [2.45, 2.75) is 25.7 Å². The van der Waals surface area contributed by atoms with Gasteiger partial charge in [-0.25, -0.2) is 9.78 Å². The van der Waals surface area contributed by atoms with Crippen LogP contribution in [0.4, 0.5) is 19.3 Å². The summed E-state index contributed by atoms with van der Waals surface area (Å²) in [7, 11) is 0. The molecular weight excluding hydrogens is 360 g/mol.